The van der Waals surface area contributed by atoms with Crippen LogP contribution in [0.15, 0.2) is 108 Å². The highest BCUT2D eigenvalue weighted by Crippen LogP contribution is 2.23. The molecule has 5 rings (SSSR count). The van der Waals surface area contributed by atoms with Crippen molar-refractivity contribution >= 4 is 33.4 Å². The van der Waals surface area contributed by atoms with Gasteiger partial charge in [-0.3, -0.25) is 9.59 Å². The zero-order valence-corrected chi connectivity index (χ0v) is 28.1. The van der Waals surface area contributed by atoms with E-state index >= 15 is 0 Å². The van der Waals surface area contributed by atoms with Crippen LogP contribution in [0, 0.1) is 0 Å². The first kappa shape index (κ1) is 34.2. The molecule has 4 aromatic carbocycles. The molecule has 1 saturated heterocycles. The van der Waals surface area contributed by atoms with Crippen molar-refractivity contribution < 1.29 is 22.7 Å². The standard InChI is InChI=1S/C37H40ClN3O5S/c1-46-32-18-13-30(14-19-32)27-41(36(42)22-17-28-15-20-33(21-16-28)47(44,45)40-23-7-8-24-40)35(25-29-9-3-2-4-10-29)37(43)39-26-31-11-5-6-12-34(31)38/h2-6,9-16,18-21,35H,7-8,17,22-27H2,1H3,(H,39,43). The molecule has 8 nitrogen and oxygen atoms in total. The molecule has 246 valence electrons. The van der Waals surface area contributed by atoms with Crippen molar-refractivity contribution in [3.8, 4) is 5.75 Å². The van der Waals surface area contributed by atoms with Gasteiger partial charge in [0.25, 0.3) is 0 Å². The maximum Gasteiger partial charge on any atom is 0.243 e. The average Bonchev–Trinajstić information content (AvgIpc) is 3.66. The van der Waals surface area contributed by atoms with Crippen LogP contribution >= 0.6 is 11.6 Å². The molecule has 0 saturated carbocycles. The normalized spacial score (nSPS) is 14.0. The van der Waals surface area contributed by atoms with Crippen LogP contribution in [-0.4, -0.2) is 55.7 Å². The topological polar surface area (TPSA) is 96.0 Å². The van der Waals surface area contributed by atoms with Crippen molar-refractivity contribution in [1.82, 2.24) is 14.5 Å². The van der Waals surface area contributed by atoms with Gasteiger partial charge in [-0.15, -0.1) is 0 Å². The van der Waals surface area contributed by atoms with Crippen LogP contribution in [-0.2, 0) is 45.5 Å². The minimum atomic E-state index is -3.52. The Morgan fingerprint density at radius 1 is 0.851 bits per heavy atom. The molecule has 0 radical (unpaired) electrons. The van der Waals surface area contributed by atoms with Gasteiger partial charge < -0.3 is 15.0 Å². The molecule has 1 aliphatic rings. The Balaban J connectivity index is 1.38. The van der Waals surface area contributed by atoms with Gasteiger partial charge in [0.15, 0.2) is 0 Å². The second kappa shape index (κ2) is 16.1. The summed E-state index contributed by atoms with van der Waals surface area (Å²) in [5.41, 5.74) is 3.40. The van der Waals surface area contributed by atoms with Crippen LogP contribution in [0.3, 0.4) is 0 Å². The lowest BCUT2D eigenvalue weighted by Gasteiger charge is -2.32. The first-order valence-corrected chi connectivity index (χ1v) is 17.6. The summed E-state index contributed by atoms with van der Waals surface area (Å²) >= 11 is 6.37. The van der Waals surface area contributed by atoms with Crippen molar-refractivity contribution in [2.75, 3.05) is 20.2 Å². The number of carbonyl (C=O) groups is 2. The smallest absolute Gasteiger partial charge is 0.243 e. The summed E-state index contributed by atoms with van der Waals surface area (Å²) in [6.45, 7) is 1.52. The summed E-state index contributed by atoms with van der Waals surface area (Å²) in [7, 11) is -1.93. The second-order valence-corrected chi connectivity index (χ2v) is 14.0. The van der Waals surface area contributed by atoms with Crippen LogP contribution in [0.5, 0.6) is 5.75 Å². The van der Waals surface area contributed by atoms with Gasteiger partial charge in [0.1, 0.15) is 11.8 Å². The highest BCUT2D eigenvalue weighted by Gasteiger charge is 2.31. The monoisotopic (exact) mass is 673 g/mol. The lowest BCUT2D eigenvalue weighted by atomic mass is 10.0. The third-order valence-electron chi connectivity index (χ3n) is 8.45. The van der Waals surface area contributed by atoms with Crippen molar-refractivity contribution in [2.45, 2.75) is 56.1 Å². The van der Waals surface area contributed by atoms with E-state index in [0.717, 1.165) is 35.1 Å². The molecule has 2 amide bonds. The molecule has 0 spiro atoms. The fraction of sp³-hybridized carbons (Fsp3) is 0.297. The zero-order valence-electron chi connectivity index (χ0n) is 26.5. The van der Waals surface area contributed by atoms with Gasteiger partial charge in [0, 0.05) is 44.0 Å². The van der Waals surface area contributed by atoms with Crippen LogP contribution in [0.1, 0.15) is 41.5 Å². The summed E-state index contributed by atoms with van der Waals surface area (Å²) in [6.07, 6.45) is 2.59. The summed E-state index contributed by atoms with van der Waals surface area (Å²) in [5.74, 6) is 0.218. The van der Waals surface area contributed by atoms with Gasteiger partial charge >= 0.3 is 0 Å². The summed E-state index contributed by atoms with van der Waals surface area (Å²) in [4.78, 5) is 30.0. The second-order valence-electron chi connectivity index (χ2n) is 11.6. The van der Waals surface area contributed by atoms with E-state index in [2.05, 4.69) is 5.32 Å². The number of methoxy groups -OCH3 is 1. The number of carbonyl (C=O) groups excluding carboxylic acids is 2. The number of amides is 2. The molecule has 1 unspecified atom stereocenters. The molecular formula is C37H40ClN3O5S. The van der Waals surface area contributed by atoms with E-state index in [9.17, 15) is 18.0 Å². The lowest BCUT2D eigenvalue weighted by Crippen LogP contribution is -2.50. The molecule has 4 aromatic rings. The Morgan fingerprint density at radius 3 is 2.15 bits per heavy atom. The van der Waals surface area contributed by atoms with Crippen molar-refractivity contribution in [2.24, 2.45) is 0 Å². The number of rotatable bonds is 14. The number of nitrogens with zero attached hydrogens (tertiary/aromatic N) is 2. The maximum absolute atomic E-state index is 14.1. The Bertz CT molecular complexity index is 1740. The Labute approximate surface area is 282 Å². The molecular weight excluding hydrogens is 634 g/mol. The zero-order chi connectivity index (χ0) is 33.2. The quantitative estimate of drug-likeness (QED) is 0.177. The van der Waals surface area contributed by atoms with E-state index in [1.165, 1.54) is 4.31 Å². The lowest BCUT2D eigenvalue weighted by molar-refractivity contribution is -0.141. The van der Waals surface area contributed by atoms with Gasteiger partial charge in [0.05, 0.1) is 12.0 Å². The number of benzene rings is 4. The van der Waals surface area contributed by atoms with Crippen LogP contribution in [0.25, 0.3) is 0 Å². The van der Waals surface area contributed by atoms with Crippen LogP contribution in [0.2, 0.25) is 5.02 Å². The van der Waals surface area contributed by atoms with Gasteiger partial charge in [-0.1, -0.05) is 84.4 Å². The SMILES string of the molecule is COc1ccc(CN(C(=O)CCc2ccc(S(=O)(=O)N3CCCC3)cc2)C(Cc2ccccc2)C(=O)NCc2ccccc2Cl)cc1. The fourth-order valence-corrected chi connectivity index (χ4v) is 7.44. The predicted molar refractivity (Wildman–Crippen MR) is 184 cm³/mol. The van der Waals surface area contributed by atoms with E-state index in [4.69, 9.17) is 16.3 Å². The highest BCUT2D eigenvalue weighted by atomic mass is 35.5. The van der Waals surface area contributed by atoms with Gasteiger partial charge in [-0.2, -0.15) is 4.31 Å². The molecule has 1 aliphatic heterocycles. The van der Waals surface area contributed by atoms with Crippen molar-refractivity contribution in [3.63, 3.8) is 0 Å². The highest BCUT2D eigenvalue weighted by molar-refractivity contribution is 7.89. The minimum absolute atomic E-state index is 0.136. The van der Waals surface area contributed by atoms with Crippen LogP contribution in [0.4, 0.5) is 0 Å². The van der Waals surface area contributed by atoms with Gasteiger partial charge in [0.2, 0.25) is 21.8 Å². The maximum atomic E-state index is 14.1. The molecule has 0 aromatic heterocycles. The number of ether oxygens (including phenoxy) is 1. The summed E-state index contributed by atoms with van der Waals surface area (Å²) in [5, 5.41) is 3.57. The molecule has 0 bridgehead atoms. The minimum Gasteiger partial charge on any atom is -0.497 e. The number of hydrogen-bond donors (Lipinski definition) is 1. The number of nitrogens with one attached hydrogen (secondary N) is 1. The molecule has 10 heteroatoms. The van der Waals surface area contributed by atoms with Gasteiger partial charge in [-0.25, -0.2) is 8.42 Å². The average molecular weight is 674 g/mol. The molecule has 1 atom stereocenters. The summed E-state index contributed by atoms with van der Waals surface area (Å²) < 4.78 is 32.8. The van der Waals surface area contributed by atoms with Crippen molar-refractivity contribution in [1.29, 1.82) is 0 Å². The fourth-order valence-electron chi connectivity index (χ4n) is 5.72. The third kappa shape index (κ3) is 9.00. The van der Waals surface area contributed by atoms with Crippen LogP contribution < -0.4 is 10.1 Å². The molecule has 0 aliphatic carbocycles. The number of aryl methyl sites for hydroxylation is 1. The predicted octanol–water partition coefficient (Wildman–Crippen LogP) is 6.02. The van der Waals surface area contributed by atoms with E-state index < -0.39 is 16.1 Å². The van der Waals surface area contributed by atoms with E-state index in [0.29, 0.717) is 36.7 Å². The number of sulfonamides is 1. The van der Waals surface area contributed by atoms with E-state index in [1.807, 2.05) is 72.8 Å². The first-order chi connectivity index (χ1) is 22.7. The molecule has 1 fully saturated rings. The third-order valence-corrected chi connectivity index (χ3v) is 10.7. The van der Waals surface area contributed by atoms with E-state index in [1.54, 1.807) is 42.3 Å². The first-order valence-electron chi connectivity index (χ1n) is 15.8. The molecule has 47 heavy (non-hydrogen) atoms. The Morgan fingerprint density at radius 2 is 1.49 bits per heavy atom. The van der Waals surface area contributed by atoms with Crippen molar-refractivity contribution in [3.05, 3.63) is 130 Å². The van der Waals surface area contributed by atoms with Gasteiger partial charge in [-0.05, 0) is 71.8 Å². The number of hydrogen-bond acceptors (Lipinski definition) is 5. The number of halogens is 1. The summed E-state index contributed by atoms with van der Waals surface area (Å²) in [6, 6.07) is 30.4. The Hall–Kier alpha value is -4.18. The molecule has 1 N–H and O–H groups in total. The van der Waals surface area contributed by atoms with E-state index in [-0.39, 0.29) is 36.2 Å². The largest absolute Gasteiger partial charge is 0.497 e. The molecule has 1 heterocycles. The Kier molecular flexibility index (Phi) is 11.7.